The fourth-order valence-corrected chi connectivity index (χ4v) is 10.7. The van der Waals surface area contributed by atoms with Crippen molar-refractivity contribution in [3.8, 4) is 0 Å². The third-order valence-corrected chi connectivity index (χ3v) is 13.3. The van der Waals surface area contributed by atoms with E-state index in [4.69, 9.17) is 0 Å². The lowest BCUT2D eigenvalue weighted by Gasteiger charge is -2.71. The van der Waals surface area contributed by atoms with Gasteiger partial charge in [-0.05, 0) is 96.2 Å². The highest BCUT2D eigenvalue weighted by atomic mass is 16.4. The van der Waals surface area contributed by atoms with Crippen LogP contribution in [0.2, 0.25) is 0 Å². The minimum atomic E-state index is -1.32. The van der Waals surface area contributed by atoms with E-state index in [1.807, 2.05) is 13.8 Å². The molecule has 5 aliphatic rings. The van der Waals surface area contributed by atoms with Gasteiger partial charge in [0.1, 0.15) is 5.41 Å². The Morgan fingerprint density at radius 2 is 1.49 bits per heavy atom. The van der Waals surface area contributed by atoms with Crippen LogP contribution in [0.5, 0.6) is 0 Å². The summed E-state index contributed by atoms with van der Waals surface area (Å²) >= 11 is 0. The minimum Gasteiger partial charge on any atom is -0.481 e. The Kier molecular flexibility index (Phi) is 5.40. The molecule has 0 radical (unpaired) electrons. The van der Waals surface area contributed by atoms with Crippen molar-refractivity contribution in [2.24, 2.45) is 50.2 Å². The first-order valence-corrected chi connectivity index (χ1v) is 14.0. The summed E-state index contributed by atoms with van der Waals surface area (Å²) in [4.78, 5) is 12.8. The molecule has 5 heteroatoms. The van der Waals surface area contributed by atoms with E-state index in [0.29, 0.717) is 24.7 Å². The van der Waals surface area contributed by atoms with Crippen LogP contribution in [0.1, 0.15) is 99.8 Å². The van der Waals surface area contributed by atoms with Crippen molar-refractivity contribution in [1.29, 1.82) is 0 Å². The zero-order valence-electron chi connectivity index (χ0n) is 22.9. The zero-order valence-corrected chi connectivity index (χ0v) is 22.9. The van der Waals surface area contributed by atoms with Gasteiger partial charge < -0.3 is 20.4 Å². The summed E-state index contributed by atoms with van der Waals surface area (Å²) in [5.41, 5.74) is -0.823. The summed E-state index contributed by atoms with van der Waals surface area (Å²) in [5, 5.41) is 44.0. The molecule has 5 nitrogen and oxygen atoms in total. The van der Waals surface area contributed by atoms with Crippen molar-refractivity contribution < 1.29 is 25.2 Å². The van der Waals surface area contributed by atoms with Gasteiger partial charge in [0.2, 0.25) is 0 Å². The van der Waals surface area contributed by atoms with E-state index >= 15 is 0 Å². The van der Waals surface area contributed by atoms with Gasteiger partial charge in [-0.3, -0.25) is 4.79 Å². The summed E-state index contributed by atoms with van der Waals surface area (Å²) in [6.45, 7) is 15.8. The quantitative estimate of drug-likeness (QED) is 0.382. The van der Waals surface area contributed by atoms with Crippen LogP contribution in [0.4, 0.5) is 0 Å². The molecule has 5 rings (SSSR count). The summed E-state index contributed by atoms with van der Waals surface area (Å²) in [7, 11) is 0. The van der Waals surface area contributed by atoms with E-state index in [2.05, 4.69) is 40.7 Å². The van der Waals surface area contributed by atoms with E-state index in [9.17, 15) is 25.2 Å². The lowest BCUT2D eigenvalue weighted by atomic mass is 9.33. The van der Waals surface area contributed by atoms with E-state index < -0.39 is 29.0 Å². The molecular formula is C30H48O5. The molecule has 0 aromatic rings. The molecular weight excluding hydrogens is 440 g/mol. The van der Waals surface area contributed by atoms with Crippen LogP contribution in [0, 0.1) is 50.2 Å². The highest BCUT2D eigenvalue weighted by molar-refractivity contribution is 5.78. The van der Waals surface area contributed by atoms with Crippen LogP contribution in [0.25, 0.3) is 0 Å². The number of hydrogen-bond acceptors (Lipinski definition) is 4. The summed E-state index contributed by atoms with van der Waals surface area (Å²) < 4.78 is 0. The maximum Gasteiger partial charge on any atom is 0.312 e. The van der Waals surface area contributed by atoms with Crippen LogP contribution < -0.4 is 0 Å². The minimum absolute atomic E-state index is 0.0491. The molecule has 0 aromatic heterocycles. The Labute approximate surface area is 211 Å². The number of carbonyl (C=O) groups is 1. The van der Waals surface area contributed by atoms with Gasteiger partial charge in [-0.1, -0.05) is 60.1 Å². The van der Waals surface area contributed by atoms with Gasteiger partial charge >= 0.3 is 5.97 Å². The molecule has 4 N–H and O–H groups in total. The largest absolute Gasteiger partial charge is 0.481 e. The monoisotopic (exact) mass is 488 g/mol. The molecule has 0 aromatic carbocycles. The number of aliphatic carboxylic acids is 1. The molecule has 0 bridgehead atoms. The molecule has 0 saturated heterocycles. The first kappa shape index (κ1) is 25.7. The van der Waals surface area contributed by atoms with E-state index in [0.717, 1.165) is 32.1 Å². The van der Waals surface area contributed by atoms with Crippen LogP contribution in [0.3, 0.4) is 0 Å². The topological polar surface area (TPSA) is 98.0 Å². The van der Waals surface area contributed by atoms with Gasteiger partial charge in [0.15, 0.2) is 0 Å². The first-order chi connectivity index (χ1) is 16.0. The third-order valence-electron chi connectivity index (χ3n) is 13.3. The number of aliphatic hydroxyl groups is 3. The number of rotatable bonds is 1. The van der Waals surface area contributed by atoms with Crippen molar-refractivity contribution in [3.05, 3.63) is 11.6 Å². The number of carboxylic acid groups (broad SMARTS) is 1. The highest BCUT2D eigenvalue weighted by Crippen LogP contribution is 2.75. The number of carboxylic acids is 1. The predicted molar refractivity (Wildman–Crippen MR) is 135 cm³/mol. The van der Waals surface area contributed by atoms with Crippen LogP contribution in [-0.2, 0) is 4.79 Å². The lowest BCUT2D eigenvalue weighted by Crippen LogP contribution is -2.68. The molecule has 4 saturated carbocycles. The first-order valence-electron chi connectivity index (χ1n) is 14.0. The lowest BCUT2D eigenvalue weighted by molar-refractivity contribution is -0.225. The van der Waals surface area contributed by atoms with Crippen molar-refractivity contribution in [2.75, 3.05) is 0 Å². The molecule has 4 fully saturated rings. The second kappa shape index (κ2) is 7.35. The Balaban J connectivity index is 1.63. The van der Waals surface area contributed by atoms with Crippen molar-refractivity contribution in [2.45, 2.75) is 118 Å². The average molecular weight is 489 g/mol. The maximum atomic E-state index is 12.8. The van der Waals surface area contributed by atoms with Gasteiger partial charge in [0, 0.05) is 0 Å². The van der Waals surface area contributed by atoms with Crippen LogP contribution in [0.15, 0.2) is 11.6 Å². The molecule has 198 valence electrons. The van der Waals surface area contributed by atoms with Gasteiger partial charge in [0.05, 0.1) is 18.3 Å². The van der Waals surface area contributed by atoms with E-state index in [-0.39, 0.29) is 40.1 Å². The molecule has 35 heavy (non-hydrogen) atoms. The normalized spacial score (nSPS) is 54.4. The number of allylic oxidation sites excluding steroid dienone is 2. The maximum absolute atomic E-state index is 12.8. The van der Waals surface area contributed by atoms with Gasteiger partial charge in [0.25, 0.3) is 0 Å². The second-order valence-corrected chi connectivity index (χ2v) is 15.2. The zero-order chi connectivity index (χ0) is 26.0. The fraction of sp³-hybridized carbons (Fsp3) is 0.900. The summed E-state index contributed by atoms with van der Waals surface area (Å²) in [5.74, 6) is -0.342. The fourth-order valence-electron chi connectivity index (χ4n) is 10.7. The molecule has 10 atom stereocenters. The van der Waals surface area contributed by atoms with Gasteiger partial charge in [-0.15, -0.1) is 0 Å². The average Bonchev–Trinajstić information content (AvgIpc) is 2.73. The summed E-state index contributed by atoms with van der Waals surface area (Å²) in [6, 6.07) is 0. The molecule has 5 aliphatic carbocycles. The van der Waals surface area contributed by atoms with Gasteiger partial charge in [-0.2, -0.15) is 0 Å². The highest BCUT2D eigenvalue weighted by Gasteiger charge is 2.72. The van der Waals surface area contributed by atoms with Crippen LogP contribution in [-0.4, -0.2) is 44.7 Å². The van der Waals surface area contributed by atoms with E-state index in [1.165, 1.54) is 5.57 Å². The van der Waals surface area contributed by atoms with Crippen LogP contribution >= 0.6 is 0 Å². The van der Waals surface area contributed by atoms with Crippen molar-refractivity contribution in [1.82, 2.24) is 0 Å². The Hall–Kier alpha value is -0.910. The Bertz CT molecular complexity index is 952. The Morgan fingerprint density at radius 1 is 0.829 bits per heavy atom. The predicted octanol–water partition coefficient (Wildman–Crippen LogP) is 5.18. The molecule has 0 spiro atoms. The van der Waals surface area contributed by atoms with Crippen molar-refractivity contribution in [3.63, 3.8) is 0 Å². The SMILES string of the molecule is CC1(C)C[C@H]2C3=CC[C@@H]4[C@@]5(C)CC[C@H](O)C(C)(C)[C@@H]5CC[C@@]4(C)[C@]3(C)C[C@@H](O)[C@@]2(C(=O)O)C[C@@H]1O. The second-order valence-electron chi connectivity index (χ2n) is 15.2. The number of hydrogen-bond donors (Lipinski definition) is 4. The molecule has 0 heterocycles. The number of aliphatic hydroxyl groups excluding tert-OH is 3. The smallest absolute Gasteiger partial charge is 0.312 e. The van der Waals surface area contributed by atoms with E-state index in [1.54, 1.807) is 0 Å². The standard InChI is InChI=1S/C30H48O5/c1-25(2)14-18-17-8-9-20-27(5)12-11-21(31)26(3,4)19(27)10-13-28(20,6)29(17,7)15-23(33)30(18,24(34)35)16-22(25)32/h8,18-23,31-33H,9-16H2,1-7H3,(H,34,35)/t18-,19-,20+,21-,22-,23+,27-,28+,29+,30+/m0/s1. The Morgan fingerprint density at radius 3 is 2.11 bits per heavy atom. The van der Waals surface area contributed by atoms with Gasteiger partial charge in [-0.25, -0.2) is 0 Å². The van der Waals surface area contributed by atoms with Crippen molar-refractivity contribution >= 4 is 5.97 Å². The third kappa shape index (κ3) is 2.95. The molecule has 0 aliphatic heterocycles. The molecule has 0 amide bonds. The number of fused-ring (bicyclic) bond motifs is 7. The summed E-state index contributed by atoms with van der Waals surface area (Å²) in [6.07, 6.45) is 6.40. The molecule has 0 unspecified atom stereocenters.